The molecule has 0 atom stereocenters. The van der Waals surface area contributed by atoms with E-state index in [1.54, 1.807) is 37.4 Å². The van der Waals surface area contributed by atoms with E-state index in [-0.39, 0.29) is 28.7 Å². The Labute approximate surface area is 210 Å². The van der Waals surface area contributed by atoms with Crippen molar-refractivity contribution in [2.75, 3.05) is 24.6 Å². The van der Waals surface area contributed by atoms with Gasteiger partial charge in [-0.1, -0.05) is 0 Å². The smallest absolute Gasteiger partial charge is 0.481 e. The van der Waals surface area contributed by atoms with E-state index in [1.165, 1.54) is 14.2 Å². The normalized spacial score (nSPS) is 16.8. The van der Waals surface area contributed by atoms with Crippen LogP contribution in [0.2, 0.25) is 0 Å². The van der Waals surface area contributed by atoms with E-state index in [0.29, 0.717) is 27.9 Å². The van der Waals surface area contributed by atoms with Gasteiger partial charge in [-0.3, -0.25) is 9.52 Å². The number of benzene rings is 1. The number of hydrogen-bond donors (Lipinski definition) is 2. The molecule has 10 nitrogen and oxygen atoms in total. The average Bonchev–Trinajstić information content (AvgIpc) is 3.30. The monoisotopic (exact) mass is 515 g/mol. The minimum atomic E-state index is -3.64. The van der Waals surface area contributed by atoms with E-state index >= 15 is 0 Å². The second-order valence-corrected chi connectivity index (χ2v) is 11.5. The first-order chi connectivity index (χ1) is 16.8. The maximum absolute atomic E-state index is 13.0. The number of rotatable bonds is 7. The van der Waals surface area contributed by atoms with E-state index in [1.807, 2.05) is 27.7 Å². The lowest BCUT2D eigenvalue weighted by Gasteiger charge is -2.32. The number of anilines is 1. The lowest BCUT2D eigenvalue weighted by Crippen LogP contribution is -2.41. The Morgan fingerprint density at radius 2 is 1.81 bits per heavy atom. The molecule has 0 saturated carbocycles. The van der Waals surface area contributed by atoms with Crippen LogP contribution in [0.4, 0.5) is 5.69 Å². The van der Waals surface area contributed by atoms with E-state index in [0.717, 1.165) is 0 Å². The summed E-state index contributed by atoms with van der Waals surface area (Å²) in [6, 6.07) is 6.62. The molecule has 36 heavy (non-hydrogen) atoms. The van der Waals surface area contributed by atoms with Gasteiger partial charge in [0.25, 0.3) is 5.91 Å². The number of pyridine rings is 1. The van der Waals surface area contributed by atoms with Crippen molar-refractivity contribution < 1.29 is 31.7 Å². The van der Waals surface area contributed by atoms with Crippen molar-refractivity contribution in [2.24, 2.45) is 0 Å². The quantitative estimate of drug-likeness (QED) is 0.460. The molecule has 4 rings (SSSR count). The SMILES string of the molecule is CCS(=O)(=O)Nc1cc2oc(-c3ccc(OC)nc3)c(C(=O)NC)c2cc1B1OC(C)(C)C(C)(C)O1. The number of amides is 1. The molecular formula is C24H30BN3O7S. The second kappa shape index (κ2) is 9.09. The highest BCUT2D eigenvalue weighted by Crippen LogP contribution is 2.39. The Morgan fingerprint density at radius 1 is 1.14 bits per heavy atom. The van der Waals surface area contributed by atoms with Crippen LogP contribution in [0.25, 0.3) is 22.3 Å². The Balaban J connectivity index is 1.97. The number of nitrogens with zero attached hydrogens (tertiary/aromatic N) is 1. The van der Waals surface area contributed by atoms with Crippen molar-refractivity contribution in [3.05, 3.63) is 36.0 Å². The van der Waals surface area contributed by atoms with Crippen LogP contribution in [0.1, 0.15) is 45.0 Å². The Bertz CT molecular complexity index is 1400. The van der Waals surface area contributed by atoms with E-state index < -0.39 is 28.3 Å². The van der Waals surface area contributed by atoms with Gasteiger partial charge in [-0.05, 0) is 46.8 Å². The predicted octanol–water partition coefficient (Wildman–Crippen LogP) is 2.92. The molecule has 1 aliphatic heterocycles. The zero-order chi connectivity index (χ0) is 26.5. The number of aromatic nitrogens is 1. The summed E-state index contributed by atoms with van der Waals surface area (Å²) < 4.78 is 51.3. The summed E-state index contributed by atoms with van der Waals surface area (Å²) in [7, 11) is -1.49. The molecule has 1 fully saturated rings. The number of carbonyl (C=O) groups excluding carboxylic acids is 1. The number of fused-ring (bicyclic) bond motifs is 1. The van der Waals surface area contributed by atoms with Gasteiger partial charge in [0.1, 0.15) is 11.3 Å². The number of ether oxygens (including phenoxy) is 1. The third kappa shape index (κ3) is 4.56. The van der Waals surface area contributed by atoms with E-state index in [9.17, 15) is 13.2 Å². The molecule has 0 aliphatic carbocycles. The van der Waals surface area contributed by atoms with Gasteiger partial charge in [-0.2, -0.15) is 0 Å². The summed E-state index contributed by atoms with van der Waals surface area (Å²) in [4.78, 5) is 17.2. The van der Waals surface area contributed by atoms with Gasteiger partial charge >= 0.3 is 7.12 Å². The molecule has 1 aliphatic rings. The van der Waals surface area contributed by atoms with Crippen LogP contribution in [-0.2, 0) is 19.3 Å². The summed E-state index contributed by atoms with van der Waals surface area (Å²) in [5.41, 5.74) is 0.512. The second-order valence-electron chi connectivity index (χ2n) is 9.50. The molecule has 1 amide bonds. The van der Waals surface area contributed by atoms with Gasteiger partial charge in [0, 0.05) is 41.8 Å². The van der Waals surface area contributed by atoms with Crippen LogP contribution in [0.5, 0.6) is 5.88 Å². The topological polar surface area (TPSA) is 129 Å². The lowest BCUT2D eigenvalue weighted by atomic mass is 9.77. The van der Waals surface area contributed by atoms with Crippen molar-refractivity contribution in [1.82, 2.24) is 10.3 Å². The lowest BCUT2D eigenvalue weighted by molar-refractivity contribution is 0.00578. The van der Waals surface area contributed by atoms with E-state index in [2.05, 4.69) is 15.0 Å². The van der Waals surface area contributed by atoms with Crippen molar-refractivity contribution in [3.63, 3.8) is 0 Å². The van der Waals surface area contributed by atoms with Gasteiger partial charge in [0.15, 0.2) is 0 Å². The fraction of sp³-hybridized carbons (Fsp3) is 0.417. The first kappa shape index (κ1) is 26.0. The van der Waals surface area contributed by atoms with Crippen molar-refractivity contribution >= 4 is 45.2 Å². The highest BCUT2D eigenvalue weighted by atomic mass is 32.2. The molecule has 0 unspecified atom stereocenters. The van der Waals surface area contributed by atoms with Crippen LogP contribution in [-0.4, -0.2) is 57.5 Å². The molecule has 0 spiro atoms. The van der Waals surface area contributed by atoms with Crippen LogP contribution >= 0.6 is 0 Å². The van der Waals surface area contributed by atoms with Gasteiger partial charge in [-0.15, -0.1) is 0 Å². The van der Waals surface area contributed by atoms with Gasteiger partial charge in [-0.25, -0.2) is 13.4 Å². The van der Waals surface area contributed by atoms with Crippen molar-refractivity contribution in [3.8, 4) is 17.2 Å². The zero-order valence-corrected chi connectivity index (χ0v) is 22.2. The Hall–Kier alpha value is -3.09. The fourth-order valence-electron chi connectivity index (χ4n) is 3.84. The van der Waals surface area contributed by atoms with Crippen LogP contribution in [0.3, 0.4) is 0 Å². The highest BCUT2D eigenvalue weighted by molar-refractivity contribution is 7.92. The molecule has 0 radical (unpaired) electrons. The van der Waals surface area contributed by atoms with Crippen LogP contribution < -0.4 is 20.2 Å². The minimum absolute atomic E-state index is 0.127. The molecule has 0 bridgehead atoms. The third-order valence-electron chi connectivity index (χ3n) is 6.67. The Kier molecular flexibility index (Phi) is 6.57. The molecular weight excluding hydrogens is 485 g/mol. The molecule has 3 aromatic rings. The fourth-order valence-corrected chi connectivity index (χ4v) is 4.50. The summed E-state index contributed by atoms with van der Waals surface area (Å²) in [5.74, 6) is 0.199. The molecule has 192 valence electrons. The molecule has 12 heteroatoms. The number of carbonyl (C=O) groups is 1. The number of hydrogen-bond acceptors (Lipinski definition) is 8. The summed E-state index contributed by atoms with van der Waals surface area (Å²) in [6.45, 7) is 9.17. The van der Waals surface area contributed by atoms with Gasteiger partial charge in [0.05, 0.1) is 35.3 Å². The van der Waals surface area contributed by atoms with Crippen molar-refractivity contribution in [2.45, 2.75) is 45.8 Å². The Morgan fingerprint density at radius 3 is 2.33 bits per heavy atom. The van der Waals surface area contributed by atoms with Gasteiger partial charge < -0.3 is 23.8 Å². The maximum atomic E-state index is 13.0. The first-order valence-electron chi connectivity index (χ1n) is 11.5. The van der Waals surface area contributed by atoms with Gasteiger partial charge in [0.2, 0.25) is 15.9 Å². The standard InChI is InChI=1S/C24H30BN3O7S/c1-8-36(30,31)28-17-12-18-15(11-16(17)25-34-23(2,3)24(4,5)35-25)20(22(29)26-6)21(33-18)14-9-10-19(32-7)27-13-14/h9-13,28H,8H2,1-7H3,(H,26,29). The predicted molar refractivity (Wildman–Crippen MR) is 138 cm³/mol. The number of furan rings is 1. The molecule has 2 aromatic heterocycles. The third-order valence-corrected chi connectivity index (χ3v) is 7.97. The van der Waals surface area contributed by atoms with Crippen LogP contribution in [0, 0.1) is 0 Å². The van der Waals surface area contributed by atoms with Crippen LogP contribution in [0.15, 0.2) is 34.9 Å². The molecule has 1 aromatic carbocycles. The van der Waals surface area contributed by atoms with E-state index in [4.69, 9.17) is 18.5 Å². The molecule has 3 heterocycles. The average molecular weight is 515 g/mol. The highest BCUT2D eigenvalue weighted by Gasteiger charge is 2.52. The summed E-state index contributed by atoms with van der Waals surface area (Å²) in [5, 5.41) is 3.13. The first-order valence-corrected chi connectivity index (χ1v) is 13.2. The number of nitrogens with one attached hydrogen (secondary N) is 2. The van der Waals surface area contributed by atoms with Crippen molar-refractivity contribution in [1.29, 1.82) is 0 Å². The molecule has 1 saturated heterocycles. The maximum Gasteiger partial charge on any atom is 0.497 e. The summed E-state index contributed by atoms with van der Waals surface area (Å²) >= 11 is 0. The molecule has 2 N–H and O–H groups in total. The zero-order valence-electron chi connectivity index (χ0n) is 21.4. The summed E-state index contributed by atoms with van der Waals surface area (Å²) in [6.07, 6.45) is 1.54. The minimum Gasteiger partial charge on any atom is -0.481 e. The number of methoxy groups -OCH3 is 1. The number of sulfonamides is 1. The largest absolute Gasteiger partial charge is 0.497 e.